The summed E-state index contributed by atoms with van der Waals surface area (Å²) in [5.41, 5.74) is 13.0. The number of hydrogen-bond donors (Lipinski definition) is 2. The molecule has 2 unspecified atom stereocenters. The smallest absolute Gasteiger partial charge is 0.250 e. The average molecular weight is 265 g/mol. The van der Waals surface area contributed by atoms with Crippen molar-refractivity contribution in [2.45, 2.75) is 24.3 Å². The molecule has 2 rings (SSSR count). The van der Waals surface area contributed by atoms with Crippen LogP contribution in [0.1, 0.15) is 24.2 Å². The van der Waals surface area contributed by atoms with E-state index in [2.05, 4.69) is 18.7 Å². The van der Waals surface area contributed by atoms with Gasteiger partial charge in [-0.3, -0.25) is 4.79 Å². The van der Waals surface area contributed by atoms with Gasteiger partial charge in [0.05, 0.1) is 5.56 Å². The molecule has 0 aliphatic carbocycles. The van der Waals surface area contributed by atoms with E-state index < -0.39 is 5.91 Å². The van der Waals surface area contributed by atoms with Gasteiger partial charge in [0.1, 0.15) is 0 Å². The van der Waals surface area contributed by atoms with Crippen molar-refractivity contribution in [3.05, 3.63) is 23.8 Å². The number of carbonyl (C=O) groups is 1. The predicted molar refractivity (Wildman–Crippen MR) is 78.1 cm³/mol. The van der Waals surface area contributed by atoms with Gasteiger partial charge in [0.2, 0.25) is 0 Å². The number of primary amides is 1. The van der Waals surface area contributed by atoms with E-state index in [0.29, 0.717) is 21.8 Å². The first-order valence-corrected chi connectivity index (χ1v) is 7.01. The lowest BCUT2D eigenvalue weighted by atomic mass is 10.1. The number of carbonyl (C=O) groups excluding carboxylic acids is 1. The van der Waals surface area contributed by atoms with Gasteiger partial charge in [-0.2, -0.15) is 11.8 Å². The zero-order valence-electron chi connectivity index (χ0n) is 10.7. The SMILES string of the molecule is CC1CN(c2ccc(N)c(C(N)=O)c2)CC(C)S1. The summed E-state index contributed by atoms with van der Waals surface area (Å²) >= 11 is 2.00. The van der Waals surface area contributed by atoms with Gasteiger partial charge in [-0.1, -0.05) is 13.8 Å². The molecule has 1 amide bonds. The lowest BCUT2D eigenvalue weighted by Gasteiger charge is -2.36. The first kappa shape index (κ1) is 13.1. The normalized spacial score (nSPS) is 24.0. The van der Waals surface area contributed by atoms with Crippen molar-refractivity contribution < 1.29 is 4.79 Å². The van der Waals surface area contributed by atoms with Gasteiger partial charge < -0.3 is 16.4 Å². The number of anilines is 2. The number of thioether (sulfide) groups is 1. The van der Waals surface area contributed by atoms with Crippen LogP contribution in [0.5, 0.6) is 0 Å². The minimum absolute atomic E-state index is 0.408. The van der Waals surface area contributed by atoms with Crippen molar-refractivity contribution in [1.29, 1.82) is 0 Å². The molecule has 2 atom stereocenters. The first-order valence-electron chi connectivity index (χ1n) is 6.07. The molecule has 0 spiro atoms. The van der Waals surface area contributed by atoms with Crippen LogP contribution < -0.4 is 16.4 Å². The van der Waals surface area contributed by atoms with E-state index in [0.717, 1.165) is 18.8 Å². The molecule has 1 fully saturated rings. The van der Waals surface area contributed by atoms with Crippen molar-refractivity contribution in [3.63, 3.8) is 0 Å². The quantitative estimate of drug-likeness (QED) is 0.798. The van der Waals surface area contributed by atoms with E-state index in [1.165, 1.54) is 0 Å². The van der Waals surface area contributed by atoms with Crippen LogP contribution in [0.2, 0.25) is 0 Å². The van der Waals surface area contributed by atoms with Crippen molar-refractivity contribution in [2.75, 3.05) is 23.7 Å². The van der Waals surface area contributed by atoms with Crippen molar-refractivity contribution in [3.8, 4) is 0 Å². The van der Waals surface area contributed by atoms with Gasteiger partial charge in [-0.25, -0.2) is 0 Å². The maximum Gasteiger partial charge on any atom is 0.250 e. The monoisotopic (exact) mass is 265 g/mol. The molecule has 1 aliphatic heterocycles. The third-order valence-corrected chi connectivity index (χ3v) is 4.31. The highest BCUT2D eigenvalue weighted by Crippen LogP contribution is 2.29. The molecule has 1 aromatic rings. The van der Waals surface area contributed by atoms with Crippen LogP contribution in [0.25, 0.3) is 0 Å². The maximum atomic E-state index is 11.3. The summed E-state index contributed by atoms with van der Waals surface area (Å²) in [6.45, 7) is 6.41. The Morgan fingerprint density at radius 2 is 1.94 bits per heavy atom. The summed E-state index contributed by atoms with van der Waals surface area (Å²) in [4.78, 5) is 13.6. The van der Waals surface area contributed by atoms with Gasteiger partial charge in [-0.15, -0.1) is 0 Å². The Balaban J connectivity index is 2.28. The molecule has 18 heavy (non-hydrogen) atoms. The van der Waals surface area contributed by atoms with E-state index >= 15 is 0 Å². The topological polar surface area (TPSA) is 72.3 Å². The molecular weight excluding hydrogens is 246 g/mol. The second-order valence-corrected chi connectivity index (χ2v) is 6.68. The molecule has 4 N–H and O–H groups in total. The van der Waals surface area contributed by atoms with E-state index in [1.54, 1.807) is 12.1 Å². The highest BCUT2D eigenvalue weighted by Gasteiger charge is 2.23. The minimum atomic E-state index is -0.471. The zero-order chi connectivity index (χ0) is 13.3. The molecular formula is C13H19N3OS. The number of amides is 1. The van der Waals surface area contributed by atoms with Gasteiger partial charge in [-0.05, 0) is 18.2 Å². The molecule has 5 heteroatoms. The van der Waals surface area contributed by atoms with E-state index in [9.17, 15) is 4.79 Å². The fourth-order valence-electron chi connectivity index (χ4n) is 2.34. The molecule has 98 valence electrons. The van der Waals surface area contributed by atoms with Crippen molar-refractivity contribution in [1.82, 2.24) is 0 Å². The van der Waals surface area contributed by atoms with Crippen LogP contribution >= 0.6 is 11.8 Å². The van der Waals surface area contributed by atoms with Crippen LogP contribution in [0.15, 0.2) is 18.2 Å². The summed E-state index contributed by atoms with van der Waals surface area (Å²) in [6, 6.07) is 5.51. The summed E-state index contributed by atoms with van der Waals surface area (Å²) in [5, 5.41) is 1.17. The zero-order valence-corrected chi connectivity index (χ0v) is 11.5. The summed E-state index contributed by atoms with van der Waals surface area (Å²) in [5.74, 6) is -0.471. The van der Waals surface area contributed by atoms with Crippen LogP contribution in [0.3, 0.4) is 0 Å². The van der Waals surface area contributed by atoms with E-state index in [4.69, 9.17) is 11.5 Å². The van der Waals surface area contributed by atoms with Crippen LogP contribution in [-0.4, -0.2) is 29.5 Å². The number of benzene rings is 1. The molecule has 0 bridgehead atoms. The second kappa shape index (κ2) is 5.10. The van der Waals surface area contributed by atoms with Gasteiger partial charge >= 0.3 is 0 Å². The summed E-state index contributed by atoms with van der Waals surface area (Å²) in [7, 11) is 0. The Kier molecular flexibility index (Phi) is 3.71. The molecule has 0 saturated carbocycles. The van der Waals surface area contributed by atoms with Gasteiger partial charge in [0.25, 0.3) is 5.91 Å². The Hall–Kier alpha value is -1.36. The van der Waals surface area contributed by atoms with Crippen molar-refractivity contribution >= 4 is 29.0 Å². The number of nitrogens with two attached hydrogens (primary N) is 2. The van der Waals surface area contributed by atoms with Crippen molar-refractivity contribution in [2.24, 2.45) is 5.73 Å². The third kappa shape index (κ3) is 2.72. The second-order valence-electron chi connectivity index (χ2n) is 4.80. The number of rotatable bonds is 2. The lowest BCUT2D eigenvalue weighted by molar-refractivity contribution is 0.100. The number of nitrogens with zero attached hydrogens (tertiary/aromatic N) is 1. The molecule has 0 aromatic heterocycles. The maximum absolute atomic E-state index is 11.3. The molecule has 1 aromatic carbocycles. The Labute approximate surface area is 112 Å². The average Bonchev–Trinajstić information content (AvgIpc) is 2.27. The Morgan fingerprint density at radius 3 is 2.50 bits per heavy atom. The molecule has 1 heterocycles. The first-order chi connectivity index (χ1) is 8.47. The molecule has 0 radical (unpaired) electrons. The van der Waals surface area contributed by atoms with E-state index in [-0.39, 0.29) is 0 Å². The van der Waals surface area contributed by atoms with Gasteiger partial charge in [0.15, 0.2) is 0 Å². The minimum Gasteiger partial charge on any atom is -0.398 e. The Morgan fingerprint density at radius 1 is 1.33 bits per heavy atom. The largest absolute Gasteiger partial charge is 0.398 e. The number of hydrogen-bond acceptors (Lipinski definition) is 4. The standard InChI is InChI=1S/C13H19N3OS/c1-8-6-16(7-9(2)18-8)10-3-4-12(14)11(5-10)13(15)17/h3-5,8-9H,6-7,14H2,1-2H3,(H2,15,17). The Bertz CT molecular complexity index is 454. The molecule has 1 aliphatic rings. The summed E-state index contributed by atoms with van der Waals surface area (Å²) < 4.78 is 0. The third-order valence-electron chi connectivity index (χ3n) is 3.09. The van der Waals surface area contributed by atoms with Crippen LogP contribution in [0.4, 0.5) is 11.4 Å². The van der Waals surface area contributed by atoms with Gasteiger partial charge in [0, 0.05) is 35.0 Å². The fourth-order valence-corrected chi connectivity index (χ4v) is 3.67. The molecule has 1 saturated heterocycles. The number of nitrogen functional groups attached to an aromatic ring is 1. The summed E-state index contributed by atoms with van der Waals surface area (Å²) in [6.07, 6.45) is 0. The predicted octanol–water partition coefficient (Wildman–Crippen LogP) is 1.70. The highest BCUT2D eigenvalue weighted by atomic mass is 32.2. The van der Waals surface area contributed by atoms with Crippen LogP contribution in [-0.2, 0) is 0 Å². The highest BCUT2D eigenvalue weighted by molar-refractivity contribution is 8.00. The lowest BCUT2D eigenvalue weighted by Crippen LogP contribution is -2.40. The van der Waals surface area contributed by atoms with Crippen LogP contribution in [0, 0.1) is 0 Å². The fraction of sp³-hybridized carbons (Fsp3) is 0.462. The van der Waals surface area contributed by atoms with E-state index in [1.807, 2.05) is 17.8 Å². The molecule has 4 nitrogen and oxygen atoms in total.